The van der Waals surface area contributed by atoms with E-state index in [-0.39, 0.29) is 18.2 Å². The third kappa shape index (κ3) is 4.64. The summed E-state index contributed by atoms with van der Waals surface area (Å²) in [4.78, 5) is 31.1. The van der Waals surface area contributed by atoms with Crippen molar-refractivity contribution in [3.63, 3.8) is 0 Å². The summed E-state index contributed by atoms with van der Waals surface area (Å²) in [7, 11) is 0. The van der Waals surface area contributed by atoms with Crippen LogP contribution in [0.4, 0.5) is 22.9 Å². The van der Waals surface area contributed by atoms with Crippen LogP contribution in [-0.4, -0.2) is 21.8 Å². The van der Waals surface area contributed by atoms with Crippen molar-refractivity contribution >= 4 is 45.6 Å². The van der Waals surface area contributed by atoms with Crippen LogP contribution in [0.15, 0.2) is 73.1 Å². The van der Waals surface area contributed by atoms with Crippen LogP contribution in [0.5, 0.6) is 0 Å². The van der Waals surface area contributed by atoms with Gasteiger partial charge in [0, 0.05) is 35.4 Å². The van der Waals surface area contributed by atoms with Crippen molar-refractivity contribution in [2.24, 2.45) is 0 Å². The number of anilines is 4. The largest absolute Gasteiger partial charge is 0.361 e. The molecule has 2 heterocycles. The van der Waals surface area contributed by atoms with Gasteiger partial charge in [0.2, 0.25) is 11.8 Å². The van der Waals surface area contributed by atoms with Gasteiger partial charge in [0.25, 0.3) is 0 Å². The van der Waals surface area contributed by atoms with E-state index >= 15 is 0 Å². The molecule has 150 valence electrons. The number of fused-ring (bicyclic) bond motifs is 1. The van der Waals surface area contributed by atoms with Gasteiger partial charge in [0.05, 0.1) is 18.3 Å². The fourth-order valence-corrected chi connectivity index (χ4v) is 3.22. The Balaban J connectivity index is 1.37. The number of pyridine rings is 1. The molecule has 2 aromatic carbocycles. The van der Waals surface area contributed by atoms with Crippen molar-refractivity contribution in [2.75, 3.05) is 16.0 Å². The average molecular weight is 399 g/mol. The summed E-state index contributed by atoms with van der Waals surface area (Å²) < 4.78 is 0. The lowest BCUT2D eigenvalue weighted by molar-refractivity contribution is -0.116. The molecule has 0 bridgehead atoms. The Hall–Kier alpha value is -4.13. The first-order valence-corrected chi connectivity index (χ1v) is 9.52. The summed E-state index contributed by atoms with van der Waals surface area (Å²) in [6, 6.07) is 18.9. The molecule has 0 radical (unpaired) electrons. The summed E-state index contributed by atoms with van der Waals surface area (Å²) in [5.74, 6) is 0.231. The fourth-order valence-electron chi connectivity index (χ4n) is 3.22. The molecule has 0 atom stereocenters. The zero-order chi connectivity index (χ0) is 20.9. The molecule has 0 spiro atoms. The molecule has 0 aliphatic heterocycles. The van der Waals surface area contributed by atoms with Gasteiger partial charge >= 0.3 is 0 Å². The summed E-state index contributed by atoms with van der Waals surface area (Å²) in [5, 5.41) is 9.84. The van der Waals surface area contributed by atoms with Gasteiger partial charge in [0.1, 0.15) is 5.82 Å². The average Bonchev–Trinajstić information content (AvgIpc) is 3.12. The number of H-pyrrole nitrogens is 1. The molecule has 0 saturated carbocycles. The first-order valence-electron chi connectivity index (χ1n) is 9.52. The number of hydrogen-bond acceptors (Lipinski definition) is 4. The van der Waals surface area contributed by atoms with Crippen molar-refractivity contribution in [1.29, 1.82) is 0 Å². The number of hydrogen-bond donors (Lipinski definition) is 4. The van der Waals surface area contributed by atoms with Crippen LogP contribution in [0.2, 0.25) is 0 Å². The van der Waals surface area contributed by atoms with Crippen LogP contribution in [0.1, 0.15) is 12.5 Å². The molecule has 0 aliphatic carbocycles. The van der Waals surface area contributed by atoms with E-state index in [0.717, 1.165) is 27.8 Å². The maximum Gasteiger partial charge on any atom is 0.230 e. The zero-order valence-electron chi connectivity index (χ0n) is 16.4. The van der Waals surface area contributed by atoms with Gasteiger partial charge in [0.15, 0.2) is 0 Å². The molecular weight excluding hydrogens is 378 g/mol. The fraction of sp³-hybridized carbons (Fsp3) is 0.0870. The summed E-state index contributed by atoms with van der Waals surface area (Å²) in [6.07, 6.45) is 3.77. The molecule has 2 aromatic heterocycles. The third-order valence-corrected chi connectivity index (χ3v) is 4.53. The molecule has 30 heavy (non-hydrogen) atoms. The van der Waals surface area contributed by atoms with Crippen molar-refractivity contribution in [3.05, 3.63) is 78.6 Å². The third-order valence-electron chi connectivity index (χ3n) is 4.53. The minimum Gasteiger partial charge on any atom is -0.361 e. The molecule has 0 fully saturated rings. The van der Waals surface area contributed by atoms with E-state index in [1.165, 1.54) is 6.92 Å². The van der Waals surface area contributed by atoms with Crippen LogP contribution in [0.3, 0.4) is 0 Å². The lowest BCUT2D eigenvalue weighted by Crippen LogP contribution is -2.15. The summed E-state index contributed by atoms with van der Waals surface area (Å²) in [5.41, 5.74) is 4.25. The Labute approximate surface area is 173 Å². The molecule has 0 aliphatic rings. The number of benzene rings is 2. The van der Waals surface area contributed by atoms with Gasteiger partial charge in [-0.2, -0.15) is 0 Å². The molecule has 7 nitrogen and oxygen atoms in total. The van der Waals surface area contributed by atoms with E-state index in [2.05, 4.69) is 25.9 Å². The topological polar surface area (TPSA) is 98.9 Å². The monoisotopic (exact) mass is 399 g/mol. The Kier molecular flexibility index (Phi) is 5.43. The second-order valence-corrected chi connectivity index (χ2v) is 6.90. The highest BCUT2D eigenvalue weighted by molar-refractivity contribution is 5.95. The highest BCUT2D eigenvalue weighted by Gasteiger charge is 2.09. The standard InChI is InChI=1S/C23H21N5O2/c1-15(29)26-17-5-4-6-18(12-17)27-19-9-10-22(25-14-19)28-23(30)11-16-13-24-21-8-3-2-7-20(16)21/h2-10,12-14,24,27H,11H2,1H3,(H,26,29)(H,25,28,30). The van der Waals surface area contributed by atoms with Crippen LogP contribution < -0.4 is 16.0 Å². The molecule has 0 unspecified atom stereocenters. The van der Waals surface area contributed by atoms with Gasteiger partial charge in [-0.25, -0.2) is 4.98 Å². The number of aromatic nitrogens is 2. The number of para-hydroxylation sites is 1. The number of aromatic amines is 1. The van der Waals surface area contributed by atoms with E-state index < -0.39 is 0 Å². The quantitative estimate of drug-likeness (QED) is 0.385. The van der Waals surface area contributed by atoms with Gasteiger partial charge in [-0.3, -0.25) is 9.59 Å². The smallest absolute Gasteiger partial charge is 0.230 e. The van der Waals surface area contributed by atoms with Crippen LogP contribution in [-0.2, 0) is 16.0 Å². The number of nitrogens with zero attached hydrogens (tertiary/aromatic N) is 1. The lowest BCUT2D eigenvalue weighted by atomic mass is 10.1. The van der Waals surface area contributed by atoms with Crippen LogP contribution in [0.25, 0.3) is 10.9 Å². The van der Waals surface area contributed by atoms with Crippen LogP contribution >= 0.6 is 0 Å². The predicted molar refractivity (Wildman–Crippen MR) is 119 cm³/mol. The highest BCUT2D eigenvalue weighted by atomic mass is 16.2. The van der Waals surface area contributed by atoms with Crippen molar-refractivity contribution < 1.29 is 9.59 Å². The molecule has 7 heteroatoms. The van der Waals surface area contributed by atoms with E-state index in [9.17, 15) is 9.59 Å². The van der Waals surface area contributed by atoms with Crippen molar-refractivity contribution in [1.82, 2.24) is 9.97 Å². The molecular formula is C23H21N5O2. The first-order chi connectivity index (χ1) is 14.6. The maximum absolute atomic E-state index is 12.4. The Morgan fingerprint density at radius 2 is 1.77 bits per heavy atom. The highest BCUT2D eigenvalue weighted by Crippen LogP contribution is 2.21. The molecule has 4 rings (SSSR count). The second-order valence-electron chi connectivity index (χ2n) is 6.90. The van der Waals surface area contributed by atoms with E-state index in [0.29, 0.717) is 11.5 Å². The van der Waals surface area contributed by atoms with Crippen molar-refractivity contribution in [3.8, 4) is 0 Å². The van der Waals surface area contributed by atoms with E-state index in [4.69, 9.17) is 0 Å². The number of carbonyl (C=O) groups is 2. The molecule has 2 amide bonds. The predicted octanol–water partition coefficient (Wildman–Crippen LogP) is 4.45. The minimum atomic E-state index is -0.129. The number of nitrogens with one attached hydrogen (secondary N) is 4. The molecule has 4 aromatic rings. The normalized spacial score (nSPS) is 10.6. The number of carbonyl (C=O) groups excluding carboxylic acids is 2. The van der Waals surface area contributed by atoms with Gasteiger partial charge in [-0.15, -0.1) is 0 Å². The van der Waals surface area contributed by atoms with E-state index in [1.54, 1.807) is 12.3 Å². The number of amides is 2. The minimum absolute atomic E-state index is 0.124. The molecule has 4 N–H and O–H groups in total. The van der Waals surface area contributed by atoms with Gasteiger partial charge in [-0.1, -0.05) is 24.3 Å². The number of rotatable bonds is 6. The van der Waals surface area contributed by atoms with E-state index in [1.807, 2.05) is 60.8 Å². The second kappa shape index (κ2) is 8.48. The SMILES string of the molecule is CC(=O)Nc1cccc(Nc2ccc(NC(=O)Cc3c[nH]c4ccccc34)nc2)c1. The Bertz CT molecular complexity index is 1200. The Morgan fingerprint density at radius 1 is 0.933 bits per heavy atom. The maximum atomic E-state index is 12.4. The van der Waals surface area contributed by atoms with Gasteiger partial charge in [-0.05, 0) is 42.0 Å². The molecule has 0 saturated heterocycles. The van der Waals surface area contributed by atoms with Crippen molar-refractivity contribution in [2.45, 2.75) is 13.3 Å². The van der Waals surface area contributed by atoms with Crippen LogP contribution in [0, 0.1) is 0 Å². The summed E-state index contributed by atoms with van der Waals surface area (Å²) >= 11 is 0. The zero-order valence-corrected chi connectivity index (χ0v) is 16.4. The lowest BCUT2D eigenvalue weighted by Gasteiger charge is -2.09. The summed E-state index contributed by atoms with van der Waals surface area (Å²) in [6.45, 7) is 1.47. The first kappa shape index (κ1) is 19.2. The van der Waals surface area contributed by atoms with Gasteiger partial charge < -0.3 is 20.9 Å². The Morgan fingerprint density at radius 3 is 2.57 bits per heavy atom.